The van der Waals surface area contributed by atoms with Crippen LogP contribution in [0.4, 0.5) is 0 Å². The van der Waals surface area contributed by atoms with Crippen molar-refractivity contribution in [1.29, 1.82) is 0 Å². The minimum atomic E-state index is -0.611. The zero-order chi connectivity index (χ0) is 21.1. The summed E-state index contributed by atoms with van der Waals surface area (Å²) in [7, 11) is 0. The Morgan fingerprint density at radius 1 is 1.28 bits per heavy atom. The summed E-state index contributed by atoms with van der Waals surface area (Å²) < 4.78 is 23.1. The minimum Gasteiger partial charge on any atom is -0.458 e. The van der Waals surface area contributed by atoms with E-state index in [1.807, 2.05) is 13.0 Å². The molecule has 4 aliphatic rings. The highest BCUT2D eigenvalue weighted by atomic mass is 16.6. The fourth-order valence-corrected chi connectivity index (χ4v) is 5.16. The van der Waals surface area contributed by atoms with Crippen molar-refractivity contribution in [3.63, 3.8) is 0 Å². The normalized spacial score (nSPS) is 40.6. The Morgan fingerprint density at radius 3 is 2.55 bits per heavy atom. The largest absolute Gasteiger partial charge is 0.458 e. The van der Waals surface area contributed by atoms with E-state index in [2.05, 4.69) is 6.58 Å². The third-order valence-electron chi connectivity index (χ3n) is 6.69. The van der Waals surface area contributed by atoms with Gasteiger partial charge in [0.2, 0.25) is 0 Å². The molecule has 1 spiro atoms. The van der Waals surface area contributed by atoms with Crippen molar-refractivity contribution in [2.75, 3.05) is 6.61 Å². The molecule has 7 atom stereocenters. The molecule has 0 radical (unpaired) electrons. The van der Waals surface area contributed by atoms with Gasteiger partial charge < -0.3 is 18.9 Å². The van der Waals surface area contributed by atoms with E-state index in [1.165, 1.54) is 6.92 Å². The first-order valence-corrected chi connectivity index (χ1v) is 9.91. The highest BCUT2D eigenvalue weighted by Crippen LogP contribution is 2.58. The van der Waals surface area contributed by atoms with Gasteiger partial charge in [0.05, 0.1) is 12.5 Å². The lowest BCUT2D eigenvalue weighted by molar-refractivity contribution is -0.151. The first-order chi connectivity index (χ1) is 13.7. The Bertz CT molecular complexity index is 847. The zero-order valence-corrected chi connectivity index (χ0v) is 17.1. The number of hydrogen-bond acceptors (Lipinski definition) is 7. The van der Waals surface area contributed by atoms with E-state index in [9.17, 15) is 14.4 Å². The maximum Gasteiger partial charge on any atom is 0.334 e. The highest BCUT2D eigenvalue weighted by molar-refractivity contribution is 5.92. The molecular weight excluding hydrogens is 376 g/mol. The van der Waals surface area contributed by atoms with Crippen molar-refractivity contribution < 1.29 is 33.3 Å². The standard InChI is InChI=1S/C22H26O7/c1-6-10(2)20(24)28-15-8-22(9-26-22)18-14(27-13(5)23)7-11(3)16(18)19-17(15)12(4)21(25)29-19/h6-7,14-19H,4,8-9H2,1-3,5H3/b10-6-/t14-,15-,16+,17-,18-,19-,22-/m1/s1. The summed E-state index contributed by atoms with van der Waals surface area (Å²) in [6.07, 6.45) is 2.38. The summed E-state index contributed by atoms with van der Waals surface area (Å²) >= 11 is 0. The van der Waals surface area contributed by atoms with Crippen LogP contribution in [0, 0.1) is 17.8 Å². The Balaban J connectivity index is 1.74. The van der Waals surface area contributed by atoms with Gasteiger partial charge in [-0.1, -0.05) is 18.2 Å². The zero-order valence-electron chi connectivity index (χ0n) is 17.1. The molecular formula is C22H26O7. The molecule has 2 aliphatic heterocycles. The first kappa shape index (κ1) is 19.9. The topological polar surface area (TPSA) is 91.4 Å². The van der Waals surface area contributed by atoms with Gasteiger partial charge in [-0.15, -0.1) is 0 Å². The molecule has 0 aromatic carbocycles. The molecule has 29 heavy (non-hydrogen) atoms. The van der Waals surface area contributed by atoms with E-state index in [0.29, 0.717) is 24.2 Å². The van der Waals surface area contributed by atoms with Gasteiger partial charge in [-0.25, -0.2) is 9.59 Å². The molecule has 0 aromatic heterocycles. The highest BCUT2D eigenvalue weighted by Gasteiger charge is 2.68. The van der Waals surface area contributed by atoms with Gasteiger partial charge in [-0.05, 0) is 26.8 Å². The van der Waals surface area contributed by atoms with Gasteiger partial charge in [-0.2, -0.15) is 0 Å². The average molecular weight is 402 g/mol. The van der Waals surface area contributed by atoms with Crippen LogP contribution in [0.2, 0.25) is 0 Å². The quantitative estimate of drug-likeness (QED) is 0.235. The van der Waals surface area contributed by atoms with Crippen molar-refractivity contribution in [2.24, 2.45) is 17.8 Å². The second-order valence-electron chi connectivity index (χ2n) is 8.43. The molecule has 4 rings (SSSR count). The summed E-state index contributed by atoms with van der Waals surface area (Å²) in [6, 6.07) is 0. The van der Waals surface area contributed by atoms with E-state index in [1.54, 1.807) is 19.9 Å². The Kier molecular flexibility index (Phi) is 4.69. The van der Waals surface area contributed by atoms with Crippen LogP contribution in [0.25, 0.3) is 0 Å². The first-order valence-electron chi connectivity index (χ1n) is 9.91. The van der Waals surface area contributed by atoms with E-state index >= 15 is 0 Å². The maximum absolute atomic E-state index is 12.5. The molecule has 0 aromatic rings. The van der Waals surface area contributed by atoms with Crippen LogP contribution in [0.5, 0.6) is 0 Å². The Labute approximate surface area is 169 Å². The summed E-state index contributed by atoms with van der Waals surface area (Å²) in [5.74, 6) is -2.15. The summed E-state index contributed by atoms with van der Waals surface area (Å²) in [4.78, 5) is 36.6. The predicted octanol–water partition coefficient (Wildman–Crippen LogP) is 2.26. The number of esters is 3. The van der Waals surface area contributed by atoms with Gasteiger partial charge in [-0.3, -0.25) is 4.79 Å². The fraction of sp³-hybridized carbons (Fsp3) is 0.591. The van der Waals surface area contributed by atoms with Crippen LogP contribution in [0.1, 0.15) is 34.1 Å². The average Bonchev–Trinajstić information content (AvgIpc) is 3.29. The third kappa shape index (κ3) is 3.12. The number of hydrogen-bond donors (Lipinski definition) is 0. The van der Waals surface area contributed by atoms with Crippen molar-refractivity contribution in [3.05, 3.63) is 35.5 Å². The summed E-state index contributed by atoms with van der Waals surface area (Å²) in [6.45, 7) is 11.2. The number of rotatable bonds is 3. The molecule has 7 nitrogen and oxygen atoms in total. The van der Waals surface area contributed by atoms with E-state index in [0.717, 1.165) is 5.57 Å². The van der Waals surface area contributed by atoms with Gasteiger partial charge in [0.15, 0.2) is 0 Å². The van der Waals surface area contributed by atoms with Crippen LogP contribution in [0.3, 0.4) is 0 Å². The smallest absolute Gasteiger partial charge is 0.334 e. The summed E-state index contributed by atoms with van der Waals surface area (Å²) in [5, 5.41) is 0. The molecule has 1 saturated carbocycles. The molecule has 3 fully saturated rings. The monoisotopic (exact) mass is 402 g/mol. The number of ether oxygens (including phenoxy) is 4. The van der Waals surface area contributed by atoms with Crippen LogP contribution in [0.15, 0.2) is 35.5 Å². The minimum absolute atomic E-state index is 0.193. The van der Waals surface area contributed by atoms with E-state index < -0.39 is 41.8 Å². The Hall–Kier alpha value is -2.41. The molecule has 156 valence electrons. The molecule has 0 bridgehead atoms. The van der Waals surface area contributed by atoms with E-state index in [4.69, 9.17) is 18.9 Å². The van der Waals surface area contributed by atoms with Crippen molar-refractivity contribution in [1.82, 2.24) is 0 Å². The molecule has 2 aliphatic carbocycles. The molecule has 2 saturated heterocycles. The summed E-state index contributed by atoms with van der Waals surface area (Å²) in [5.41, 5.74) is 1.18. The van der Waals surface area contributed by atoms with Gasteiger partial charge in [0.25, 0.3) is 0 Å². The van der Waals surface area contributed by atoms with Crippen LogP contribution in [-0.4, -0.2) is 48.4 Å². The Morgan fingerprint density at radius 2 is 1.97 bits per heavy atom. The number of carbonyl (C=O) groups is 3. The molecule has 0 unspecified atom stereocenters. The lowest BCUT2D eigenvalue weighted by Gasteiger charge is -2.31. The third-order valence-corrected chi connectivity index (χ3v) is 6.69. The molecule has 0 N–H and O–H groups in total. The number of epoxide rings is 1. The second kappa shape index (κ2) is 6.83. The van der Waals surface area contributed by atoms with Crippen molar-refractivity contribution in [3.8, 4) is 0 Å². The van der Waals surface area contributed by atoms with Crippen molar-refractivity contribution in [2.45, 2.75) is 58.0 Å². The number of fused-ring (bicyclic) bond motifs is 4. The van der Waals surface area contributed by atoms with Crippen molar-refractivity contribution >= 4 is 17.9 Å². The van der Waals surface area contributed by atoms with Crippen LogP contribution >= 0.6 is 0 Å². The molecule has 2 heterocycles. The lowest BCUT2D eigenvalue weighted by Crippen LogP contribution is -2.41. The van der Waals surface area contributed by atoms with E-state index in [-0.39, 0.29) is 17.8 Å². The maximum atomic E-state index is 12.5. The van der Waals surface area contributed by atoms with Gasteiger partial charge in [0, 0.05) is 36.3 Å². The molecule has 7 heteroatoms. The van der Waals surface area contributed by atoms with Crippen LogP contribution in [-0.2, 0) is 33.3 Å². The van der Waals surface area contributed by atoms with Gasteiger partial charge in [0.1, 0.15) is 23.9 Å². The number of allylic oxidation sites excluding steroid dienone is 1. The van der Waals surface area contributed by atoms with Gasteiger partial charge >= 0.3 is 17.9 Å². The lowest BCUT2D eigenvalue weighted by atomic mass is 9.77. The predicted molar refractivity (Wildman–Crippen MR) is 101 cm³/mol. The fourth-order valence-electron chi connectivity index (χ4n) is 5.16. The van der Waals surface area contributed by atoms with Crippen LogP contribution < -0.4 is 0 Å². The SMILES string of the molecule is C=C1C(=O)O[C@@H]2[C@H]3C(C)=C[C@@H](OC(C)=O)[C@H]3[C@]3(CO3)C[C@@H](OC(=O)/C(C)=C\C)[C@@H]12. The second-order valence-corrected chi connectivity index (χ2v) is 8.43. The molecule has 0 amide bonds. The number of carbonyl (C=O) groups excluding carboxylic acids is 3.